The van der Waals surface area contributed by atoms with Crippen molar-refractivity contribution in [1.82, 2.24) is 0 Å². The molecule has 1 rings (SSSR count). The van der Waals surface area contributed by atoms with E-state index in [0.717, 1.165) is 5.69 Å². The van der Waals surface area contributed by atoms with Crippen LogP contribution in [0.4, 0.5) is 10.5 Å². The Morgan fingerprint density at radius 3 is 2.36 bits per heavy atom. The molecule has 1 amide bonds. The number of nitrogens with one attached hydrogen (secondary N) is 1. The fourth-order valence-corrected chi connectivity index (χ4v) is 4.45. The van der Waals surface area contributed by atoms with E-state index in [4.69, 9.17) is 9.16 Å². The summed E-state index contributed by atoms with van der Waals surface area (Å²) in [5, 5.41) is 2.69. The van der Waals surface area contributed by atoms with Crippen molar-refractivity contribution in [3.8, 4) is 0 Å². The van der Waals surface area contributed by atoms with Gasteiger partial charge in [0.2, 0.25) is 8.32 Å². The van der Waals surface area contributed by atoms with Crippen molar-refractivity contribution < 1.29 is 14.0 Å². The Kier molecular flexibility index (Phi) is 6.38. The van der Waals surface area contributed by atoms with Gasteiger partial charge in [0.05, 0.1) is 0 Å². The summed E-state index contributed by atoms with van der Waals surface area (Å²) in [5.41, 5.74) is 2.60. The number of amides is 1. The fraction of sp³-hybridized carbons (Fsp3) is 0.471. The third-order valence-electron chi connectivity index (χ3n) is 2.65. The standard InChI is InChI=1S/C17H27NO3Si/c1-14(12-13-22(5,6)21-17(2,3)4)20-16(19)18-15-10-8-7-9-11-15/h7-14H,1-6H3,(H,18,19)/b13-12+/t14-/m0/s1. The van der Waals surface area contributed by atoms with E-state index in [1.54, 1.807) is 0 Å². The minimum absolute atomic E-state index is 0.172. The number of benzene rings is 1. The van der Waals surface area contributed by atoms with E-state index < -0.39 is 14.4 Å². The summed E-state index contributed by atoms with van der Waals surface area (Å²) in [7, 11) is -1.92. The molecule has 0 heterocycles. The summed E-state index contributed by atoms with van der Waals surface area (Å²) >= 11 is 0. The van der Waals surface area contributed by atoms with E-state index in [2.05, 4.69) is 24.1 Å². The van der Waals surface area contributed by atoms with Crippen molar-refractivity contribution in [2.75, 3.05) is 5.32 Å². The lowest BCUT2D eigenvalue weighted by Crippen LogP contribution is -2.38. The van der Waals surface area contributed by atoms with Gasteiger partial charge in [-0.1, -0.05) is 30.0 Å². The number of rotatable bonds is 5. The van der Waals surface area contributed by atoms with Crippen LogP contribution in [0.3, 0.4) is 0 Å². The molecule has 4 nitrogen and oxygen atoms in total. The SMILES string of the molecule is C[C@@H](/C=C/[Si](C)(C)OC(C)(C)C)OC(=O)Nc1ccccc1. The highest BCUT2D eigenvalue weighted by Crippen LogP contribution is 2.18. The number of hydrogen-bond acceptors (Lipinski definition) is 3. The van der Waals surface area contributed by atoms with E-state index in [0.29, 0.717) is 0 Å². The van der Waals surface area contributed by atoms with E-state index >= 15 is 0 Å². The molecule has 0 bridgehead atoms. The zero-order valence-electron chi connectivity index (χ0n) is 14.3. The Morgan fingerprint density at radius 2 is 1.82 bits per heavy atom. The Morgan fingerprint density at radius 1 is 1.23 bits per heavy atom. The molecule has 0 aliphatic heterocycles. The summed E-state index contributed by atoms with van der Waals surface area (Å²) in [6, 6.07) is 9.24. The van der Waals surface area contributed by atoms with Gasteiger partial charge in [0, 0.05) is 11.3 Å². The van der Waals surface area contributed by atoms with Gasteiger partial charge < -0.3 is 9.16 Å². The van der Waals surface area contributed by atoms with Crippen LogP contribution >= 0.6 is 0 Å². The molecule has 5 heteroatoms. The molecule has 0 fully saturated rings. The monoisotopic (exact) mass is 321 g/mol. The quantitative estimate of drug-likeness (QED) is 0.797. The Hall–Kier alpha value is -1.59. The molecule has 0 aliphatic carbocycles. The highest BCUT2D eigenvalue weighted by Gasteiger charge is 2.26. The van der Waals surface area contributed by atoms with Gasteiger partial charge in [-0.2, -0.15) is 0 Å². The van der Waals surface area contributed by atoms with Gasteiger partial charge in [-0.3, -0.25) is 5.32 Å². The fourth-order valence-electron chi connectivity index (χ4n) is 2.07. The van der Waals surface area contributed by atoms with Gasteiger partial charge in [0.1, 0.15) is 6.10 Å². The molecule has 1 aromatic rings. The highest BCUT2D eigenvalue weighted by molar-refractivity contribution is 6.76. The van der Waals surface area contributed by atoms with Crippen LogP contribution in [0, 0.1) is 0 Å². The van der Waals surface area contributed by atoms with Crippen LogP contribution in [0.2, 0.25) is 13.1 Å². The summed E-state index contributed by atoms with van der Waals surface area (Å²) in [6.45, 7) is 12.2. The molecule has 0 unspecified atom stereocenters. The van der Waals surface area contributed by atoms with Crippen LogP contribution in [0.25, 0.3) is 0 Å². The Labute approximate surface area is 134 Å². The van der Waals surface area contributed by atoms with Gasteiger partial charge in [-0.25, -0.2) is 4.79 Å². The summed E-state index contributed by atoms with van der Waals surface area (Å²) in [4.78, 5) is 11.8. The number of carbonyl (C=O) groups is 1. The van der Waals surface area contributed by atoms with Crippen molar-refractivity contribution in [1.29, 1.82) is 0 Å². The molecule has 1 aromatic carbocycles. The lowest BCUT2D eigenvalue weighted by atomic mass is 10.2. The minimum atomic E-state index is -1.92. The first-order valence-corrected chi connectivity index (χ1v) is 10.5. The van der Waals surface area contributed by atoms with E-state index in [-0.39, 0.29) is 11.7 Å². The molecular weight excluding hydrogens is 294 g/mol. The highest BCUT2D eigenvalue weighted by atomic mass is 28.4. The van der Waals surface area contributed by atoms with E-state index in [9.17, 15) is 4.79 Å². The molecule has 1 atom stereocenters. The van der Waals surface area contributed by atoms with Crippen molar-refractivity contribution in [2.24, 2.45) is 0 Å². The van der Waals surface area contributed by atoms with Gasteiger partial charge in [0.15, 0.2) is 0 Å². The van der Waals surface area contributed by atoms with Gasteiger partial charge in [-0.15, -0.1) is 0 Å². The maximum atomic E-state index is 11.8. The third kappa shape index (κ3) is 8.00. The molecular formula is C17H27NO3Si. The van der Waals surface area contributed by atoms with Crippen LogP contribution < -0.4 is 5.32 Å². The molecule has 0 aromatic heterocycles. The summed E-state index contributed by atoms with van der Waals surface area (Å²) in [6.07, 6.45) is 1.13. The lowest BCUT2D eigenvalue weighted by Gasteiger charge is -2.30. The smallest absolute Gasteiger partial charge is 0.412 e. The number of para-hydroxylation sites is 1. The molecule has 0 spiro atoms. The number of carbonyl (C=O) groups excluding carboxylic acids is 1. The first kappa shape index (κ1) is 18.5. The van der Waals surface area contributed by atoms with Crippen LogP contribution in [0.15, 0.2) is 42.1 Å². The Bertz CT molecular complexity index is 506. The number of hydrogen-bond donors (Lipinski definition) is 1. The van der Waals surface area contributed by atoms with Crippen LogP contribution in [-0.4, -0.2) is 26.1 Å². The second-order valence-electron chi connectivity index (χ2n) is 6.78. The first-order chi connectivity index (χ1) is 10.1. The van der Waals surface area contributed by atoms with Crippen molar-refractivity contribution in [3.05, 3.63) is 42.1 Å². The van der Waals surface area contributed by atoms with Crippen molar-refractivity contribution in [2.45, 2.75) is 52.5 Å². The summed E-state index contributed by atoms with van der Waals surface area (Å²) < 4.78 is 11.4. The molecule has 1 N–H and O–H groups in total. The molecule has 122 valence electrons. The topological polar surface area (TPSA) is 47.6 Å². The second-order valence-corrected chi connectivity index (χ2v) is 10.5. The van der Waals surface area contributed by atoms with Crippen molar-refractivity contribution >= 4 is 20.1 Å². The van der Waals surface area contributed by atoms with Crippen LogP contribution in [-0.2, 0) is 9.16 Å². The average molecular weight is 321 g/mol. The zero-order chi connectivity index (χ0) is 16.8. The van der Waals surface area contributed by atoms with E-state index in [1.807, 2.05) is 64.1 Å². The molecule has 22 heavy (non-hydrogen) atoms. The second kappa shape index (κ2) is 7.60. The minimum Gasteiger partial charge on any atom is -0.442 e. The maximum Gasteiger partial charge on any atom is 0.412 e. The van der Waals surface area contributed by atoms with Gasteiger partial charge in [-0.05, 0) is 52.9 Å². The average Bonchev–Trinajstić information content (AvgIpc) is 2.35. The number of anilines is 1. The molecule has 0 saturated heterocycles. The van der Waals surface area contributed by atoms with Crippen LogP contribution in [0.5, 0.6) is 0 Å². The Balaban J connectivity index is 2.49. The third-order valence-corrected chi connectivity index (χ3v) is 4.78. The van der Waals surface area contributed by atoms with Crippen molar-refractivity contribution in [3.63, 3.8) is 0 Å². The molecule has 0 saturated carbocycles. The van der Waals surface area contributed by atoms with Crippen LogP contribution in [0.1, 0.15) is 27.7 Å². The van der Waals surface area contributed by atoms with Gasteiger partial charge >= 0.3 is 6.09 Å². The van der Waals surface area contributed by atoms with Gasteiger partial charge in [0.25, 0.3) is 0 Å². The number of ether oxygens (including phenoxy) is 1. The first-order valence-electron chi connectivity index (χ1n) is 7.50. The zero-order valence-corrected chi connectivity index (χ0v) is 15.3. The molecule has 0 radical (unpaired) electrons. The lowest BCUT2D eigenvalue weighted by molar-refractivity contribution is 0.123. The largest absolute Gasteiger partial charge is 0.442 e. The predicted octanol–water partition coefficient (Wildman–Crippen LogP) is 4.74. The maximum absolute atomic E-state index is 11.8. The predicted molar refractivity (Wildman–Crippen MR) is 93.5 cm³/mol. The van der Waals surface area contributed by atoms with E-state index in [1.165, 1.54) is 0 Å². The molecule has 0 aliphatic rings. The normalized spacial score (nSPS) is 13.9. The summed E-state index contributed by atoms with van der Waals surface area (Å²) in [5.74, 6) is 0.